The number of anilines is 1. The monoisotopic (exact) mass is 349 g/mol. The first-order chi connectivity index (χ1) is 10.2. The molecule has 2 aromatic heterocycles. The largest absolute Gasteiger partial charge is 0.334 e. The van der Waals surface area contributed by atoms with Crippen molar-refractivity contribution in [2.75, 3.05) is 12.0 Å². The smallest absolute Gasteiger partial charge is 0.257 e. The van der Waals surface area contributed by atoms with Crippen LogP contribution in [0.15, 0.2) is 41.3 Å². The lowest BCUT2D eigenvalue weighted by Crippen LogP contribution is -2.31. The van der Waals surface area contributed by atoms with Gasteiger partial charge >= 0.3 is 0 Å². The predicted octanol–water partition coefficient (Wildman–Crippen LogP) is 2.19. The maximum Gasteiger partial charge on any atom is 0.257 e. The quantitative estimate of drug-likeness (QED) is 0.638. The van der Waals surface area contributed by atoms with Gasteiger partial charge in [0.15, 0.2) is 5.82 Å². The molecule has 0 fully saturated rings. The van der Waals surface area contributed by atoms with Gasteiger partial charge in [0.1, 0.15) is 0 Å². The molecule has 2 aromatic rings. The van der Waals surface area contributed by atoms with Crippen LogP contribution in [0, 0.1) is 0 Å². The third-order valence-electron chi connectivity index (χ3n) is 3.01. The van der Waals surface area contributed by atoms with E-state index in [2.05, 4.69) is 31.3 Å². The number of amides is 1. The third kappa shape index (κ3) is 3.77. The van der Waals surface area contributed by atoms with Crippen LogP contribution in [0.2, 0.25) is 0 Å². The van der Waals surface area contributed by atoms with E-state index in [1.54, 1.807) is 29.6 Å². The molecule has 0 bridgehead atoms. The second kappa shape index (κ2) is 7.14. The van der Waals surface area contributed by atoms with Crippen molar-refractivity contribution >= 4 is 27.7 Å². The Bertz CT molecular complexity index is 620. The Labute approximate surface area is 131 Å². The second-order valence-corrected chi connectivity index (χ2v) is 5.28. The fraction of sp³-hybridized carbons (Fsp3) is 0.214. The fourth-order valence-corrected chi connectivity index (χ4v) is 2.25. The van der Waals surface area contributed by atoms with Gasteiger partial charge in [-0.05, 0) is 46.6 Å². The van der Waals surface area contributed by atoms with Gasteiger partial charge in [-0.3, -0.25) is 9.78 Å². The van der Waals surface area contributed by atoms with Gasteiger partial charge < -0.3 is 10.3 Å². The van der Waals surface area contributed by atoms with Crippen molar-refractivity contribution in [1.29, 1.82) is 0 Å². The number of rotatable bonds is 5. The average molecular weight is 350 g/mol. The normalized spacial score (nSPS) is 10.2. The summed E-state index contributed by atoms with van der Waals surface area (Å²) in [6.07, 6.45) is 5.01. The van der Waals surface area contributed by atoms with E-state index in [1.165, 1.54) is 0 Å². The molecule has 7 heteroatoms. The molecule has 1 amide bonds. The number of nitrogens with zero attached hydrogens (tertiary/aromatic N) is 3. The Morgan fingerprint density at radius 3 is 2.76 bits per heavy atom. The number of carbonyl (C=O) groups is 1. The van der Waals surface area contributed by atoms with E-state index >= 15 is 0 Å². The van der Waals surface area contributed by atoms with E-state index in [0.717, 1.165) is 10.0 Å². The third-order valence-corrected chi connectivity index (χ3v) is 3.45. The lowest BCUT2D eigenvalue weighted by molar-refractivity contribution is 0.0753. The molecule has 0 atom stereocenters. The van der Waals surface area contributed by atoms with Crippen molar-refractivity contribution in [3.63, 3.8) is 0 Å². The minimum absolute atomic E-state index is 0.129. The van der Waals surface area contributed by atoms with Gasteiger partial charge in [0.25, 0.3) is 5.91 Å². The topological polar surface area (TPSA) is 84.1 Å². The highest BCUT2D eigenvalue weighted by atomic mass is 79.9. The van der Waals surface area contributed by atoms with E-state index in [0.29, 0.717) is 24.5 Å². The molecule has 6 nitrogen and oxygen atoms in total. The summed E-state index contributed by atoms with van der Waals surface area (Å²) in [5, 5.41) is 0. The highest BCUT2D eigenvalue weighted by Crippen LogP contribution is 2.20. The molecule has 0 saturated heterocycles. The molecule has 0 spiro atoms. The Morgan fingerprint density at radius 2 is 2.14 bits per heavy atom. The zero-order valence-corrected chi connectivity index (χ0v) is 13.2. The second-order valence-electron chi connectivity index (χ2n) is 4.37. The molecular formula is C14H16BrN5O. The summed E-state index contributed by atoms with van der Waals surface area (Å²) in [4.78, 5) is 22.5. The fourth-order valence-electron chi connectivity index (χ4n) is 1.92. The van der Waals surface area contributed by atoms with Crippen molar-refractivity contribution in [2.24, 2.45) is 5.84 Å². The molecule has 0 aliphatic carbocycles. The standard InChI is InChI=1S/C14H16BrN5O/c1-2-20(9-10-3-5-17-6-4-10)14(21)12-7-11(15)8-18-13(12)19-16/h3-8H,2,9,16H2,1H3,(H,18,19). The number of pyridine rings is 2. The summed E-state index contributed by atoms with van der Waals surface area (Å²) in [5.74, 6) is 5.65. The highest BCUT2D eigenvalue weighted by Gasteiger charge is 2.19. The van der Waals surface area contributed by atoms with E-state index in [9.17, 15) is 4.79 Å². The molecule has 0 unspecified atom stereocenters. The van der Waals surface area contributed by atoms with Crippen LogP contribution in [0.25, 0.3) is 0 Å². The molecule has 21 heavy (non-hydrogen) atoms. The summed E-state index contributed by atoms with van der Waals surface area (Å²) in [5.41, 5.74) is 3.91. The van der Waals surface area contributed by atoms with Crippen LogP contribution in [0.5, 0.6) is 0 Å². The molecule has 0 aliphatic heterocycles. The van der Waals surface area contributed by atoms with Gasteiger partial charge in [-0.25, -0.2) is 10.8 Å². The minimum Gasteiger partial charge on any atom is -0.334 e. The number of hydrogen-bond donors (Lipinski definition) is 2. The van der Waals surface area contributed by atoms with E-state index < -0.39 is 0 Å². The van der Waals surface area contributed by atoms with E-state index in [1.807, 2.05) is 19.1 Å². The van der Waals surface area contributed by atoms with Gasteiger partial charge in [0.2, 0.25) is 0 Å². The van der Waals surface area contributed by atoms with Crippen molar-refractivity contribution in [3.8, 4) is 0 Å². The maximum atomic E-state index is 12.7. The SMILES string of the molecule is CCN(Cc1ccncc1)C(=O)c1cc(Br)cnc1NN. The Morgan fingerprint density at radius 1 is 1.43 bits per heavy atom. The van der Waals surface area contributed by atoms with Crippen LogP contribution in [0.4, 0.5) is 5.82 Å². The molecule has 2 rings (SSSR count). The number of aromatic nitrogens is 2. The zero-order chi connectivity index (χ0) is 15.2. The molecular weight excluding hydrogens is 334 g/mol. The lowest BCUT2D eigenvalue weighted by Gasteiger charge is -2.22. The summed E-state index contributed by atoms with van der Waals surface area (Å²) in [6, 6.07) is 5.48. The Kier molecular flexibility index (Phi) is 5.24. The number of nitrogens with two attached hydrogens (primary N) is 1. The maximum absolute atomic E-state index is 12.7. The van der Waals surface area contributed by atoms with Gasteiger partial charge in [-0.1, -0.05) is 0 Å². The first kappa shape index (κ1) is 15.4. The molecule has 0 aliphatic rings. The number of hydrazine groups is 1. The molecule has 2 heterocycles. The van der Waals surface area contributed by atoms with Crippen molar-refractivity contribution in [3.05, 3.63) is 52.4 Å². The zero-order valence-electron chi connectivity index (χ0n) is 11.6. The van der Waals surface area contributed by atoms with Crippen molar-refractivity contribution in [2.45, 2.75) is 13.5 Å². The first-order valence-corrected chi connectivity index (χ1v) is 7.25. The Hall–Kier alpha value is -1.99. The van der Waals surface area contributed by atoms with Crippen molar-refractivity contribution < 1.29 is 4.79 Å². The van der Waals surface area contributed by atoms with Crippen LogP contribution in [-0.2, 0) is 6.54 Å². The van der Waals surface area contributed by atoms with Gasteiger partial charge in [-0.15, -0.1) is 0 Å². The predicted molar refractivity (Wildman–Crippen MR) is 84.4 cm³/mol. The van der Waals surface area contributed by atoms with Gasteiger partial charge in [0, 0.05) is 36.2 Å². The number of halogens is 1. The van der Waals surface area contributed by atoms with Crippen LogP contribution >= 0.6 is 15.9 Å². The number of nitrogens with one attached hydrogen (secondary N) is 1. The molecule has 110 valence electrons. The number of nitrogen functional groups attached to an aromatic ring is 1. The Balaban J connectivity index is 2.26. The highest BCUT2D eigenvalue weighted by molar-refractivity contribution is 9.10. The van der Waals surface area contributed by atoms with Crippen LogP contribution in [-0.4, -0.2) is 27.3 Å². The van der Waals surface area contributed by atoms with Gasteiger partial charge in [0.05, 0.1) is 5.56 Å². The van der Waals surface area contributed by atoms with Crippen molar-refractivity contribution in [1.82, 2.24) is 14.9 Å². The summed E-state index contributed by atoms with van der Waals surface area (Å²) >= 11 is 3.32. The summed E-state index contributed by atoms with van der Waals surface area (Å²) in [6.45, 7) is 3.02. The van der Waals surface area contributed by atoms with Crippen LogP contribution in [0.1, 0.15) is 22.8 Å². The van der Waals surface area contributed by atoms with Crippen LogP contribution < -0.4 is 11.3 Å². The summed E-state index contributed by atoms with van der Waals surface area (Å²) < 4.78 is 0.727. The van der Waals surface area contributed by atoms with E-state index in [4.69, 9.17) is 5.84 Å². The summed E-state index contributed by atoms with van der Waals surface area (Å²) in [7, 11) is 0. The molecule has 0 radical (unpaired) electrons. The lowest BCUT2D eigenvalue weighted by atomic mass is 10.2. The number of carbonyl (C=O) groups excluding carboxylic acids is 1. The molecule has 3 N–H and O–H groups in total. The van der Waals surface area contributed by atoms with Crippen LogP contribution in [0.3, 0.4) is 0 Å². The molecule has 0 saturated carbocycles. The van der Waals surface area contributed by atoms with E-state index in [-0.39, 0.29) is 5.91 Å². The first-order valence-electron chi connectivity index (χ1n) is 6.46. The minimum atomic E-state index is -0.129. The molecule has 0 aromatic carbocycles. The average Bonchev–Trinajstić information content (AvgIpc) is 2.53. The number of hydrogen-bond acceptors (Lipinski definition) is 5. The van der Waals surface area contributed by atoms with Gasteiger partial charge in [-0.2, -0.15) is 0 Å².